The lowest BCUT2D eigenvalue weighted by Crippen LogP contribution is -2.30. The molecule has 0 saturated heterocycles. The highest BCUT2D eigenvalue weighted by Crippen LogP contribution is 2.37. The van der Waals surface area contributed by atoms with E-state index >= 15 is 0 Å². The second-order valence-electron chi connectivity index (χ2n) is 7.85. The number of hydrogen-bond acceptors (Lipinski definition) is 2. The highest BCUT2D eigenvalue weighted by Gasteiger charge is 2.24. The van der Waals surface area contributed by atoms with Crippen molar-refractivity contribution in [1.82, 2.24) is 9.55 Å². The highest BCUT2D eigenvalue weighted by atomic mass is 32.1. The van der Waals surface area contributed by atoms with Gasteiger partial charge in [0.25, 0.3) is 5.82 Å². The van der Waals surface area contributed by atoms with E-state index in [9.17, 15) is 0 Å². The van der Waals surface area contributed by atoms with Gasteiger partial charge >= 0.3 is 0 Å². The largest absolute Gasteiger partial charge is 0.289 e. The third kappa shape index (κ3) is 2.70. The minimum absolute atomic E-state index is 1.07. The Morgan fingerprint density at radius 2 is 1.62 bits per heavy atom. The quantitative estimate of drug-likeness (QED) is 0.341. The summed E-state index contributed by atoms with van der Waals surface area (Å²) < 4.78 is 5.80. The third-order valence-electron chi connectivity index (χ3n) is 5.91. The standard InChI is InChI=1S/C25H24N3S/c1-15-9-8-10-16(2)23(15)24-26-19-14-18(17(3)13-22(19)29-24)25-27(4)20-11-6-7-12-21(20)28(25)5/h6-14H,1-5H3/q+1. The van der Waals surface area contributed by atoms with Crippen LogP contribution in [-0.2, 0) is 14.1 Å². The fourth-order valence-electron chi connectivity index (χ4n) is 4.42. The predicted molar refractivity (Wildman–Crippen MR) is 122 cm³/mol. The van der Waals surface area contributed by atoms with Crippen molar-refractivity contribution in [3.63, 3.8) is 0 Å². The van der Waals surface area contributed by atoms with Gasteiger partial charge in [0.1, 0.15) is 5.01 Å². The van der Waals surface area contributed by atoms with Gasteiger partial charge in [0.15, 0.2) is 11.0 Å². The summed E-state index contributed by atoms with van der Waals surface area (Å²) in [5, 5.41) is 1.11. The smallest absolute Gasteiger partial charge is 0.236 e. The van der Waals surface area contributed by atoms with Gasteiger partial charge in [0, 0.05) is 5.56 Å². The van der Waals surface area contributed by atoms with Crippen LogP contribution in [0.5, 0.6) is 0 Å². The number of para-hydroxylation sites is 2. The van der Waals surface area contributed by atoms with Crippen LogP contribution in [-0.4, -0.2) is 9.55 Å². The van der Waals surface area contributed by atoms with E-state index in [1.54, 1.807) is 11.3 Å². The predicted octanol–water partition coefficient (Wildman–Crippen LogP) is 5.87. The van der Waals surface area contributed by atoms with Crippen molar-refractivity contribution in [2.45, 2.75) is 20.8 Å². The van der Waals surface area contributed by atoms with Crippen molar-refractivity contribution < 1.29 is 4.57 Å². The SMILES string of the molecule is Cc1cc2sc(-c3c(C)cccc3C)nc2cc1-c1n(C)c2ccccc2[n+]1C. The molecule has 0 N–H and O–H groups in total. The van der Waals surface area contributed by atoms with Crippen molar-refractivity contribution in [3.8, 4) is 22.0 Å². The van der Waals surface area contributed by atoms with E-state index in [2.05, 4.69) is 98.6 Å². The van der Waals surface area contributed by atoms with Crippen LogP contribution in [0.1, 0.15) is 16.7 Å². The summed E-state index contributed by atoms with van der Waals surface area (Å²) in [6.07, 6.45) is 0. The summed E-state index contributed by atoms with van der Waals surface area (Å²) in [5.41, 5.74) is 9.87. The molecule has 0 aliphatic carbocycles. The average Bonchev–Trinajstić information content (AvgIpc) is 3.20. The first-order valence-electron chi connectivity index (χ1n) is 9.87. The maximum absolute atomic E-state index is 5.05. The zero-order chi connectivity index (χ0) is 20.3. The molecule has 5 rings (SSSR count). The number of aryl methyl sites for hydroxylation is 5. The van der Waals surface area contributed by atoms with E-state index in [0.717, 1.165) is 10.5 Å². The van der Waals surface area contributed by atoms with Crippen LogP contribution >= 0.6 is 11.3 Å². The van der Waals surface area contributed by atoms with E-state index in [0.29, 0.717) is 0 Å². The molecule has 0 unspecified atom stereocenters. The lowest BCUT2D eigenvalue weighted by molar-refractivity contribution is -0.634. The van der Waals surface area contributed by atoms with Gasteiger partial charge in [-0.3, -0.25) is 0 Å². The molecular formula is C25H24N3S+. The van der Waals surface area contributed by atoms with Crippen LogP contribution < -0.4 is 4.57 Å². The first-order chi connectivity index (χ1) is 14.0. The monoisotopic (exact) mass is 398 g/mol. The number of nitrogens with zero attached hydrogens (tertiary/aromatic N) is 3. The Labute approximate surface area is 174 Å². The van der Waals surface area contributed by atoms with Crippen LogP contribution in [0.25, 0.3) is 43.2 Å². The molecule has 4 heteroatoms. The normalized spacial score (nSPS) is 11.6. The third-order valence-corrected chi connectivity index (χ3v) is 6.95. The number of imidazole rings is 1. The number of benzene rings is 3. The summed E-state index contributed by atoms with van der Waals surface area (Å²) in [7, 11) is 4.29. The van der Waals surface area contributed by atoms with E-state index < -0.39 is 0 Å². The van der Waals surface area contributed by atoms with Crippen molar-refractivity contribution in [2.24, 2.45) is 14.1 Å². The fraction of sp³-hybridized carbons (Fsp3) is 0.200. The van der Waals surface area contributed by atoms with Crippen molar-refractivity contribution in [2.75, 3.05) is 0 Å². The summed E-state index contributed by atoms with van der Waals surface area (Å²) in [6.45, 7) is 6.53. The molecule has 5 aromatic rings. The minimum Gasteiger partial charge on any atom is -0.236 e. The fourth-order valence-corrected chi connectivity index (χ4v) is 5.64. The molecule has 0 amide bonds. The number of hydrogen-bond donors (Lipinski definition) is 0. The van der Waals surface area contributed by atoms with Gasteiger partial charge in [-0.2, -0.15) is 0 Å². The van der Waals surface area contributed by atoms with Crippen molar-refractivity contribution in [3.05, 3.63) is 71.3 Å². The molecule has 3 aromatic carbocycles. The highest BCUT2D eigenvalue weighted by molar-refractivity contribution is 7.21. The van der Waals surface area contributed by atoms with Gasteiger partial charge in [0.2, 0.25) is 0 Å². The Hall–Kier alpha value is -2.98. The molecule has 0 aliphatic rings. The zero-order valence-corrected chi connectivity index (χ0v) is 18.3. The maximum atomic E-state index is 5.05. The molecule has 0 fully saturated rings. The Morgan fingerprint density at radius 3 is 2.34 bits per heavy atom. The lowest BCUT2D eigenvalue weighted by Gasteiger charge is -2.05. The summed E-state index contributed by atoms with van der Waals surface area (Å²) in [5.74, 6) is 1.20. The van der Waals surface area contributed by atoms with E-state index in [1.165, 1.54) is 49.4 Å². The summed E-state index contributed by atoms with van der Waals surface area (Å²) in [6, 6.07) is 19.5. The molecule has 144 valence electrons. The zero-order valence-electron chi connectivity index (χ0n) is 17.4. The van der Waals surface area contributed by atoms with E-state index in [4.69, 9.17) is 4.98 Å². The average molecular weight is 399 g/mol. The molecule has 2 aromatic heterocycles. The van der Waals surface area contributed by atoms with Crippen LogP contribution in [0.3, 0.4) is 0 Å². The topological polar surface area (TPSA) is 21.7 Å². The molecule has 0 saturated carbocycles. The second-order valence-corrected chi connectivity index (χ2v) is 8.88. The maximum Gasteiger partial charge on any atom is 0.289 e. The van der Waals surface area contributed by atoms with Gasteiger partial charge in [-0.15, -0.1) is 11.3 Å². The van der Waals surface area contributed by atoms with Crippen molar-refractivity contribution in [1.29, 1.82) is 0 Å². The molecule has 0 spiro atoms. The van der Waals surface area contributed by atoms with Crippen LogP contribution in [0.4, 0.5) is 0 Å². The van der Waals surface area contributed by atoms with E-state index in [-0.39, 0.29) is 0 Å². The first-order valence-corrected chi connectivity index (χ1v) is 10.7. The Morgan fingerprint density at radius 1 is 0.897 bits per heavy atom. The molecule has 0 radical (unpaired) electrons. The number of aromatic nitrogens is 3. The van der Waals surface area contributed by atoms with E-state index in [1.807, 2.05) is 0 Å². The van der Waals surface area contributed by atoms with Gasteiger partial charge in [-0.25, -0.2) is 14.1 Å². The van der Waals surface area contributed by atoms with Crippen molar-refractivity contribution >= 4 is 32.6 Å². The number of rotatable bonds is 2. The van der Waals surface area contributed by atoms with Crippen LogP contribution in [0.15, 0.2) is 54.6 Å². The second kappa shape index (κ2) is 6.53. The van der Waals surface area contributed by atoms with Crippen LogP contribution in [0.2, 0.25) is 0 Å². The van der Waals surface area contributed by atoms with Gasteiger partial charge in [0.05, 0.1) is 29.9 Å². The molecule has 0 atom stereocenters. The van der Waals surface area contributed by atoms with Crippen LogP contribution in [0, 0.1) is 20.8 Å². The Balaban J connectivity index is 1.75. The number of fused-ring (bicyclic) bond motifs is 2. The molecule has 0 bridgehead atoms. The molecule has 2 heterocycles. The molecule has 29 heavy (non-hydrogen) atoms. The Kier molecular flexibility index (Phi) is 4.07. The van der Waals surface area contributed by atoms with Gasteiger partial charge < -0.3 is 0 Å². The van der Waals surface area contributed by atoms with Gasteiger partial charge in [-0.1, -0.05) is 30.3 Å². The molecule has 0 aliphatic heterocycles. The molecule has 3 nitrogen and oxygen atoms in total. The summed E-state index contributed by atoms with van der Waals surface area (Å²) in [4.78, 5) is 5.05. The summed E-state index contributed by atoms with van der Waals surface area (Å²) >= 11 is 1.79. The molecular weight excluding hydrogens is 374 g/mol. The number of thiazole rings is 1. The first kappa shape index (κ1) is 18.1. The Bertz CT molecular complexity index is 1350. The minimum atomic E-state index is 1.07. The lowest BCUT2D eigenvalue weighted by atomic mass is 10.0. The van der Waals surface area contributed by atoms with Gasteiger partial charge in [-0.05, 0) is 61.7 Å².